The van der Waals surface area contributed by atoms with Crippen LogP contribution in [0.2, 0.25) is 0 Å². The molecule has 2 nitrogen and oxygen atoms in total. The molecule has 0 fully saturated rings. The quantitative estimate of drug-likeness (QED) is 0.587. The van der Waals surface area contributed by atoms with Crippen LogP contribution in [0.1, 0.15) is 0 Å². The molecular weight excluding hydrogens is 170 g/mol. The molecule has 1 atom stereocenters. The monoisotopic (exact) mass is 175 g/mol. The van der Waals surface area contributed by atoms with Gasteiger partial charge >= 0.3 is 0 Å². The highest BCUT2D eigenvalue weighted by Gasteiger charge is 2.15. The van der Waals surface area contributed by atoms with Crippen LogP contribution >= 0.6 is 15.9 Å². The predicted octanol–water partition coefficient (Wildman–Crippen LogP) is 0.436. The minimum absolute atomic E-state index is 0.0185. The summed E-state index contributed by atoms with van der Waals surface area (Å²) in [7, 11) is 0. The molecule has 1 N–H and O–H groups in total. The summed E-state index contributed by atoms with van der Waals surface area (Å²) in [5.41, 5.74) is 0. The van der Waals surface area contributed by atoms with Crippen molar-refractivity contribution >= 4 is 21.7 Å². The van der Waals surface area contributed by atoms with E-state index >= 15 is 0 Å². The number of carbonyl (C=O) groups excluding carboxylic acids is 1. The molecule has 8 heavy (non-hydrogen) atoms. The normalized spacial score (nSPS) is 26.1. The van der Waals surface area contributed by atoms with E-state index in [4.69, 9.17) is 0 Å². The van der Waals surface area contributed by atoms with Gasteiger partial charge in [0.05, 0.1) is 6.04 Å². The molecule has 1 unspecified atom stereocenters. The summed E-state index contributed by atoms with van der Waals surface area (Å²) in [5.74, 6) is 0.155. The fraction of sp³-hybridized carbons (Fsp3) is 0.400. The Hall–Kier alpha value is -0.310. The van der Waals surface area contributed by atoms with E-state index in [0.717, 1.165) is 0 Å². The van der Waals surface area contributed by atoms with E-state index in [9.17, 15) is 4.79 Å². The zero-order valence-corrected chi connectivity index (χ0v) is 5.81. The zero-order chi connectivity index (χ0) is 5.98. The molecule has 1 heterocycles. The number of alkyl halides is 1. The Balaban J connectivity index is 2.51. The highest BCUT2D eigenvalue weighted by molar-refractivity contribution is 9.09. The van der Waals surface area contributed by atoms with Crippen LogP contribution < -0.4 is 5.32 Å². The van der Waals surface area contributed by atoms with Gasteiger partial charge < -0.3 is 5.32 Å². The van der Waals surface area contributed by atoms with Crippen molar-refractivity contribution in [3.8, 4) is 0 Å². The van der Waals surface area contributed by atoms with E-state index in [1.807, 2.05) is 0 Å². The Morgan fingerprint density at radius 2 is 2.62 bits per heavy atom. The first-order valence-electron chi connectivity index (χ1n) is 2.37. The maximum atomic E-state index is 10.6. The Kier molecular flexibility index (Phi) is 1.68. The number of nitrogens with one attached hydrogen (secondary N) is 1. The van der Waals surface area contributed by atoms with E-state index in [-0.39, 0.29) is 11.8 Å². The van der Waals surface area contributed by atoms with Crippen molar-refractivity contribution in [2.45, 2.75) is 6.04 Å². The van der Waals surface area contributed by atoms with Crippen molar-refractivity contribution in [1.29, 1.82) is 0 Å². The standard InChI is InChI=1S/C5H6BrNO/c6-3-4-5(8)1-2-7-4/h1-2,4,7H,3H2. The Bertz CT molecular complexity index is 132. The van der Waals surface area contributed by atoms with Crippen molar-refractivity contribution in [1.82, 2.24) is 5.32 Å². The van der Waals surface area contributed by atoms with Gasteiger partial charge in [0.1, 0.15) is 0 Å². The largest absolute Gasteiger partial charge is 0.380 e. The Labute approximate surface area is 56.1 Å². The van der Waals surface area contributed by atoms with Gasteiger partial charge in [-0.3, -0.25) is 4.79 Å². The molecule has 44 valence electrons. The maximum Gasteiger partial charge on any atom is 0.180 e. The van der Waals surface area contributed by atoms with E-state index in [1.54, 1.807) is 12.3 Å². The van der Waals surface area contributed by atoms with Gasteiger partial charge in [-0.2, -0.15) is 0 Å². The summed E-state index contributed by atoms with van der Waals surface area (Å²) in [5, 5.41) is 3.57. The fourth-order valence-corrected chi connectivity index (χ4v) is 1.07. The van der Waals surface area contributed by atoms with E-state index in [0.29, 0.717) is 5.33 Å². The molecule has 0 aromatic carbocycles. The highest BCUT2D eigenvalue weighted by atomic mass is 79.9. The van der Waals surface area contributed by atoms with E-state index in [1.165, 1.54) is 0 Å². The van der Waals surface area contributed by atoms with Crippen LogP contribution in [0.25, 0.3) is 0 Å². The van der Waals surface area contributed by atoms with Gasteiger partial charge in [-0.25, -0.2) is 0 Å². The van der Waals surface area contributed by atoms with Crippen LogP contribution in [0.15, 0.2) is 12.3 Å². The van der Waals surface area contributed by atoms with Crippen LogP contribution in [0.4, 0.5) is 0 Å². The van der Waals surface area contributed by atoms with Crippen molar-refractivity contribution in [3.63, 3.8) is 0 Å². The minimum Gasteiger partial charge on any atom is -0.380 e. The molecule has 0 bridgehead atoms. The second kappa shape index (κ2) is 2.31. The Morgan fingerprint density at radius 3 is 2.88 bits per heavy atom. The summed E-state index contributed by atoms with van der Waals surface area (Å²) in [4.78, 5) is 10.6. The van der Waals surface area contributed by atoms with Crippen LogP contribution in [0.5, 0.6) is 0 Å². The number of rotatable bonds is 1. The number of halogens is 1. The first kappa shape index (κ1) is 5.82. The number of ketones is 1. The lowest BCUT2D eigenvalue weighted by atomic mass is 10.3. The number of carbonyl (C=O) groups is 1. The second-order valence-corrected chi connectivity index (χ2v) is 2.26. The Morgan fingerprint density at radius 1 is 1.88 bits per heavy atom. The van der Waals surface area contributed by atoms with Gasteiger partial charge in [-0.15, -0.1) is 0 Å². The average Bonchev–Trinajstić information content (AvgIpc) is 2.14. The van der Waals surface area contributed by atoms with Crippen molar-refractivity contribution in [3.05, 3.63) is 12.3 Å². The van der Waals surface area contributed by atoms with E-state index in [2.05, 4.69) is 21.2 Å². The maximum absolute atomic E-state index is 10.6. The van der Waals surface area contributed by atoms with Crippen LogP contribution in [0, 0.1) is 0 Å². The third-order valence-electron chi connectivity index (χ3n) is 1.04. The minimum atomic E-state index is -0.0185. The molecule has 0 aromatic rings. The van der Waals surface area contributed by atoms with Crippen molar-refractivity contribution < 1.29 is 4.79 Å². The summed E-state index contributed by atoms with van der Waals surface area (Å²) >= 11 is 3.19. The summed E-state index contributed by atoms with van der Waals surface area (Å²) in [6.45, 7) is 0. The predicted molar refractivity (Wildman–Crippen MR) is 34.9 cm³/mol. The van der Waals surface area contributed by atoms with Gasteiger partial charge in [0.25, 0.3) is 0 Å². The first-order chi connectivity index (χ1) is 3.84. The molecule has 0 aromatic heterocycles. The molecule has 0 saturated heterocycles. The number of hydrogen-bond donors (Lipinski definition) is 1. The SMILES string of the molecule is O=C1C=CNC1CBr. The van der Waals surface area contributed by atoms with Crippen LogP contribution in [-0.2, 0) is 4.79 Å². The molecule has 0 saturated carbocycles. The first-order valence-corrected chi connectivity index (χ1v) is 3.49. The molecular formula is C5H6BrNO. The van der Waals surface area contributed by atoms with Crippen LogP contribution in [-0.4, -0.2) is 17.2 Å². The summed E-state index contributed by atoms with van der Waals surface area (Å²) < 4.78 is 0. The fourth-order valence-electron chi connectivity index (χ4n) is 0.565. The van der Waals surface area contributed by atoms with Gasteiger partial charge in [0.2, 0.25) is 0 Å². The molecule has 0 spiro atoms. The van der Waals surface area contributed by atoms with Gasteiger partial charge in [0.15, 0.2) is 5.78 Å². The topological polar surface area (TPSA) is 29.1 Å². The number of hydrogen-bond acceptors (Lipinski definition) is 2. The lowest BCUT2D eigenvalue weighted by Crippen LogP contribution is -2.27. The summed E-state index contributed by atoms with van der Waals surface area (Å²) in [6, 6.07) is -0.0185. The highest BCUT2D eigenvalue weighted by Crippen LogP contribution is 1.99. The van der Waals surface area contributed by atoms with Gasteiger partial charge in [-0.05, 0) is 6.08 Å². The molecule has 1 aliphatic rings. The molecule has 1 rings (SSSR count). The van der Waals surface area contributed by atoms with Gasteiger partial charge in [-0.1, -0.05) is 15.9 Å². The van der Waals surface area contributed by atoms with Gasteiger partial charge in [0, 0.05) is 11.5 Å². The molecule has 3 heteroatoms. The molecule has 1 aliphatic heterocycles. The molecule has 0 radical (unpaired) electrons. The van der Waals surface area contributed by atoms with Crippen molar-refractivity contribution in [2.75, 3.05) is 5.33 Å². The molecule has 0 amide bonds. The lowest BCUT2D eigenvalue weighted by Gasteiger charge is -2.01. The van der Waals surface area contributed by atoms with Crippen molar-refractivity contribution in [2.24, 2.45) is 0 Å². The smallest absolute Gasteiger partial charge is 0.180 e. The molecule has 0 aliphatic carbocycles. The van der Waals surface area contributed by atoms with Crippen LogP contribution in [0.3, 0.4) is 0 Å². The second-order valence-electron chi connectivity index (χ2n) is 1.61. The summed E-state index contributed by atoms with van der Waals surface area (Å²) in [6.07, 6.45) is 3.22. The lowest BCUT2D eigenvalue weighted by molar-refractivity contribution is -0.115. The third kappa shape index (κ3) is 0.916. The van der Waals surface area contributed by atoms with E-state index < -0.39 is 0 Å². The third-order valence-corrected chi connectivity index (χ3v) is 1.69. The average molecular weight is 176 g/mol. The zero-order valence-electron chi connectivity index (χ0n) is 4.23.